The van der Waals surface area contributed by atoms with Gasteiger partial charge in [0, 0.05) is 11.3 Å². The summed E-state index contributed by atoms with van der Waals surface area (Å²) >= 11 is -2.21. The van der Waals surface area contributed by atoms with Crippen molar-refractivity contribution < 1.29 is 8.76 Å². The van der Waals surface area contributed by atoms with Crippen LogP contribution in [0.15, 0.2) is 30.3 Å². The van der Waals surface area contributed by atoms with Gasteiger partial charge < -0.3 is 4.55 Å². The Balaban J connectivity index is 2.28. The maximum atomic E-state index is 10.4. The SMILES string of the molecule is O=S([O-])NC1C=Cc2ccccc21. The highest BCUT2D eigenvalue weighted by molar-refractivity contribution is 7.77. The molecule has 2 unspecified atom stereocenters. The molecule has 1 aliphatic rings. The van der Waals surface area contributed by atoms with E-state index < -0.39 is 11.3 Å². The Bertz CT molecular complexity index is 376. The van der Waals surface area contributed by atoms with E-state index in [1.807, 2.05) is 36.4 Å². The Hall–Kier alpha value is -0.970. The molecule has 0 amide bonds. The number of nitrogens with one attached hydrogen (secondary N) is 1. The van der Waals surface area contributed by atoms with Crippen molar-refractivity contribution in [2.45, 2.75) is 6.04 Å². The zero-order valence-electron chi connectivity index (χ0n) is 6.77. The summed E-state index contributed by atoms with van der Waals surface area (Å²) in [5.74, 6) is 0. The lowest BCUT2D eigenvalue weighted by molar-refractivity contribution is 0.517. The van der Waals surface area contributed by atoms with Gasteiger partial charge in [-0.25, -0.2) is 4.72 Å². The predicted octanol–water partition coefficient (Wildman–Crippen LogP) is 1.14. The van der Waals surface area contributed by atoms with Crippen molar-refractivity contribution in [1.82, 2.24) is 4.72 Å². The zero-order valence-corrected chi connectivity index (χ0v) is 7.58. The fraction of sp³-hybridized carbons (Fsp3) is 0.111. The van der Waals surface area contributed by atoms with Gasteiger partial charge in [-0.2, -0.15) is 0 Å². The highest BCUT2D eigenvalue weighted by atomic mass is 32.2. The normalized spacial score (nSPS) is 21.5. The third kappa shape index (κ3) is 1.70. The third-order valence-electron chi connectivity index (χ3n) is 2.02. The van der Waals surface area contributed by atoms with Crippen molar-refractivity contribution in [1.29, 1.82) is 0 Å². The summed E-state index contributed by atoms with van der Waals surface area (Å²) < 4.78 is 23.3. The standard InChI is InChI=1S/C9H9NO2S/c11-13(12)10-9-6-5-7-3-1-2-4-8(7)9/h1-6,9-10H,(H,11,12)/p-1. The highest BCUT2D eigenvalue weighted by Gasteiger charge is 2.15. The van der Waals surface area contributed by atoms with Crippen molar-refractivity contribution in [3.8, 4) is 0 Å². The van der Waals surface area contributed by atoms with E-state index in [0.29, 0.717) is 0 Å². The number of hydrogen-bond acceptors (Lipinski definition) is 2. The quantitative estimate of drug-likeness (QED) is 0.718. The molecule has 1 N–H and O–H groups in total. The Morgan fingerprint density at radius 2 is 2.15 bits per heavy atom. The van der Waals surface area contributed by atoms with Crippen molar-refractivity contribution in [3.05, 3.63) is 41.5 Å². The molecule has 0 aliphatic heterocycles. The molecule has 0 aromatic heterocycles. The van der Waals surface area contributed by atoms with E-state index >= 15 is 0 Å². The molecule has 0 spiro atoms. The van der Waals surface area contributed by atoms with E-state index in [-0.39, 0.29) is 6.04 Å². The summed E-state index contributed by atoms with van der Waals surface area (Å²) in [4.78, 5) is 0. The van der Waals surface area contributed by atoms with Crippen LogP contribution in [-0.4, -0.2) is 8.76 Å². The molecule has 68 valence electrons. The first-order valence-electron chi connectivity index (χ1n) is 3.90. The van der Waals surface area contributed by atoms with Crippen LogP contribution in [0, 0.1) is 0 Å². The molecule has 1 aromatic rings. The first kappa shape index (κ1) is 8.62. The Morgan fingerprint density at radius 1 is 1.38 bits per heavy atom. The first-order chi connectivity index (χ1) is 6.27. The average molecular weight is 194 g/mol. The molecule has 2 rings (SSSR count). The van der Waals surface area contributed by atoms with E-state index in [1.54, 1.807) is 0 Å². The molecule has 0 radical (unpaired) electrons. The summed E-state index contributed by atoms with van der Waals surface area (Å²) in [7, 11) is 0. The van der Waals surface area contributed by atoms with Gasteiger partial charge in [-0.05, 0) is 11.1 Å². The van der Waals surface area contributed by atoms with Crippen molar-refractivity contribution >= 4 is 17.3 Å². The van der Waals surface area contributed by atoms with Gasteiger partial charge in [-0.3, -0.25) is 4.21 Å². The molecule has 0 bridgehead atoms. The number of hydrogen-bond donors (Lipinski definition) is 1. The van der Waals surface area contributed by atoms with Crippen molar-refractivity contribution in [2.75, 3.05) is 0 Å². The zero-order chi connectivity index (χ0) is 9.26. The van der Waals surface area contributed by atoms with Crippen LogP contribution in [0.1, 0.15) is 17.2 Å². The van der Waals surface area contributed by atoms with Crippen LogP contribution in [0.25, 0.3) is 6.08 Å². The molecule has 1 aromatic carbocycles. The van der Waals surface area contributed by atoms with Crippen LogP contribution in [0.5, 0.6) is 0 Å². The van der Waals surface area contributed by atoms with Gasteiger partial charge in [0.25, 0.3) is 0 Å². The van der Waals surface area contributed by atoms with E-state index in [1.165, 1.54) is 0 Å². The summed E-state index contributed by atoms with van der Waals surface area (Å²) in [6.45, 7) is 0. The van der Waals surface area contributed by atoms with Crippen molar-refractivity contribution in [3.63, 3.8) is 0 Å². The summed E-state index contributed by atoms with van der Waals surface area (Å²) in [6.07, 6.45) is 3.75. The largest absolute Gasteiger partial charge is 0.760 e. The Labute approximate surface area is 78.9 Å². The van der Waals surface area contributed by atoms with Crippen LogP contribution >= 0.6 is 0 Å². The molecular weight excluding hydrogens is 186 g/mol. The van der Waals surface area contributed by atoms with Crippen LogP contribution in [-0.2, 0) is 11.3 Å². The van der Waals surface area contributed by atoms with Crippen LogP contribution in [0.4, 0.5) is 0 Å². The lowest BCUT2D eigenvalue weighted by Crippen LogP contribution is -2.20. The molecule has 0 saturated heterocycles. The van der Waals surface area contributed by atoms with E-state index in [4.69, 9.17) is 0 Å². The van der Waals surface area contributed by atoms with Crippen LogP contribution in [0.2, 0.25) is 0 Å². The molecular formula is C9H8NO2S-. The van der Waals surface area contributed by atoms with Gasteiger partial charge in [-0.1, -0.05) is 36.4 Å². The monoisotopic (exact) mass is 194 g/mol. The van der Waals surface area contributed by atoms with Gasteiger partial charge in [0.2, 0.25) is 0 Å². The second-order valence-electron chi connectivity index (χ2n) is 2.82. The van der Waals surface area contributed by atoms with Gasteiger partial charge in [-0.15, -0.1) is 0 Å². The van der Waals surface area contributed by atoms with Gasteiger partial charge in [0.05, 0.1) is 6.04 Å². The van der Waals surface area contributed by atoms with Gasteiger partial charge in [0.15, 0.2) is 0 Å². The molecule has 0 heterocycles. The molecule has 3 nitrogen and oxygen atoms in total. The minimum Gasteiger partial charge on any atom is -0.760 e. The molecule has 13 heavy (non-hydrogen) atoms. The molecule has 1 aliphatic carbocycles. The highest BCUT2D eigenvalue weighted by Crippen LogP contribution is 2.27. The number of benzene rings is 1. The fourth-order valence-corrected chi connectivity index (χ4v) is 1.87. The number of fused-ring (bicyclic) bond motifs is 1. The molecule has 0 saturated carbocycles. The number of rotatable bonds is 2. The summed E-state index contributed by atoms with van der Waals surface area (Å²) in [5, 5.41) is 0. The lowest BCUT2D eigenvalue weighted by atomic mass is 10.1. The summed E-state index contributed by atoms with van der Waals surface area (Å²) in [6, 6.07) is 7.50. The minimum absolute atomic E-state index is 0.200. The third-order valence-corrected chi connectivity index (χ3v) is 2.47. The first-order valence-corrected chi connectivity index (χ1v) is 4.97. The Kier molecular flexibility index (Phi) is 2.26. The lowest BCUT2D eigenvalue weighted by Gasteiger charge is -2.14. The van der Waals surface area contributed by atoms with E-state index in [9.17, 15) is 8.76 Å². The summed E-state index contributed by atoms with van der Waals surface area (Å²) in [5.41, 5.74) is 2.08. The second-order valence-corrected chi connectivity index (χ2v) is 3.52. The van der Waals surface area contributed by atoms with Crippen molar-refractivity contribution in [2.24, 2.45) is 0 Å². The maximum absolute atomic E-state index is 10.4. The minimum atomic E-state index is -2.21. The Morgan fingerprint density at radius 3 is 2.92 bits per heavy atom. The van der Waals surface area contributed by atoms with Gasteiger partial charge >= 0.3 is 0 Å². The van der Waals surface area contributed by atoms with Crippen LogP contribution < -0.4 is 4.72 Å². The van der Waals surface area contributed by atoms with Crippen LogP contribution in [0.3, 0.4) is 0 Å². The molecule has 4 heteroatoms. The molecule has 0 fully saturated rings. The fourth-order valence-electron chi connectivity index (χ4n) is 1.46. The smallest absolute Gasteiger partial charge is 0.0623 e. The second kappa shape index (κ2) is 3.41. The average Bonchev–Trinajstić information content (AvgIpc) is 2.48. The van der Waals surface area contributed by atoms with E-state index in [2.05, 4.69) is 4.72 Å². The predicted molar refractivity (Wildman–Crippen MR) is 50.3 cm³/mol. The topological polar surface area (TPSA) is 52.2 Å². The maximum Gasteiger partial charge on any atom is 0.0623 e. The van der Waals surface area contributed by atoms with E-state index in [0.717, 1.165) is 11.1 Å². The molecule has 2 atom stereocenters. The van der Waals surface area contributed by atoms with Gasteiger partial charge in [0.1, 0.15) is 0 Å².